The summed E-state index contributed by atoms with van der Waals surface area (Å²) in [5.74, 6) is 0. The Kier molecular flexibility index (Phi) is 7.62. The largest absolute Gasteiger partial charge is 0.396 e. The minimum Gasteiger partial charge on any atom is -0.396 e. The van der Waals surface area contributed by atoms with Gasteiger partial charge in [0, 0.05) is 28.8 Å². The maximum Gasteiger partial charge on any atom is 0.0465 e. The predicted molar refractivity (Wildman–Crippen MR) is 73.7 cm³/mol. The molecule has 0 heterocycles. The van der Waals surface area contributed by atoms with Gasteiger partial charge in [0.25, 0.3) is 0 Å². The summed E-state index contributed by atoms with van der Waals surface area (Å²) in [4.78, 5) is 0. The Hall–Kier alpha value is -0.280. The zero-order chi connectivity index (χ0) is 12.5. The predicted octanol–water partition coefficient (Wildman–Crippen LogP) is 3.64. The van der Waals surface area contributed by atoms with Gasteiger partial charge < -0.3 is 10.4 Å². The monoisotopic (exact) mass is 275 g/mol. The minimum absolute atomic E-state index is 0.294. The lowest BCUT2D eigenvalue weighted by Crippen LogP contribution is -2.15. The van der Waals surface area contributed by atoms with E-state index in [2.05, 4.69) is 5.32 Å². The van der Waals surface area contributed by atoms with Crippen LogP contribution < -0.4 is 5.32 Å². The number of hydrogen-bond acceptors (Lipinski definition) is 2. The summed E-state index contributed by atoms with van der Waals surface area (Å²) >= 11 is 12.1. The lowest BCUT2D eigenvalue weighted by Gasteiger charge is -2.08. The van der Waals surface area contributed by atoms with E-state index in [9.17, 15) is 0 Å². The number of benzene rings is 1. The maximum absolute atomic E-state index is 8.63. The standard InChI is InChI=1S/C13H19Cl2NO/c14-12-6-5-7-13(15)11(12)10-16-8-3-1-2-4-9-17/h5-7,16-17H,1-4,8-10H2. The van der Waals surface area contributed by atoms with E-state index >= 15 is 0 Å². The molecule has 1 rings (SSSR count). The first-order valence-corrected chi connectivity index (χ1v) is 6.75. The third kappa shape index (κ3) is 5.73. The number of nitrogens with one attached hydrogen (secondary N) is 1. The smallest absolute Gasteiger partial charge is 0.0465 e. The van der Waals surface area contributed by atoms with Gasteiger partial charge in [-0.1, -0.05) is 42.1 Å². The van der Waals surface area contributed by atoms with Crippen LogP contribution in [0.25, 0.3) is 0 Å². The van der Waals surface area contributed by atoms with Crippen LogP contribution in [0.5, 0.6) is 0 Å². The molecule has 0 aliphatic carbocycles. The number of unbranched alkanes of at least 4 members (excludes halogenated alkanes) is 3. The van der Waals surface area contributed by atoms with Crippen LogP contribution in [-0.2, 0) is 6.54 Å². The Morgan fingerprint density at radius 3 is 2.29 bits per heavy atom. The molecule has 0 atom stereocenters. The Morgan fingerprint density at radius 2 is 1.65 bits per heavy atom. The Balaban J connectivity index is 2.18. The molecule has 2 nitrogen and oxygen atoms in total. The van der Waals surface area contributed by atoms with Gasteiger partial charge in [0.2, 0.25) is 0 Å². The molecule has 0 saturated carbocycles. The van der Waals surface area contributed by atoms with Gasteiger partial charge in [-0.25, -0.2) is 0 Å². The van der Waals surface area contributed by atoms with Crippen LogP contribution in [0.15, 0.2) is 18.2 Å². The second kappa shape index (κ2) is 8.76. The zero-order valence-corrected chi connectivity index (χ0v) is 11.4. The molecule has 0 unspecified atom stereocenters. The van der Waals surface area contributed by atoms with Crippen LogP contribution in [0.4, 0.5) is 0 Å². The highest BCUT2D eigenvalue weighted by Gasteiger charge is 2.03. The third-order valence-corrected chi connectivity index (χ3v) is 3.33. The molecule has 0 bridgehead atoms. The SMILES string of the molecule is OCCCCCCNCc1c(Cl)cccc1Cl. The van der Waals surface area contributed by atoms with Gasteiger partial charge in [0.1, 0.15) is 0 Å². The number of rotatable bonds is 8. The van der Waals surface area contributed by atoms with Crippen molar-refractivity contribution in [1.82, 2.24) is 5.32 Å². The molecular weight excluding hydrogens is 257 g/mol. The Labute approximate surface area is 113 Å². The summed E-state index contributed by atoms with van der Waals surface area (Å²) in [6, 6.07) is 5.56. The van der Waals surface area contributed by atoms with E-state index in [1.54, 1.807) is 0 Å². The first-order chi connectivity index (χ1) is 8.25. The summed E-state index contributed by atoms with van der Waals surface area (Å²) < 4.78 is 0. The van der Waals surface area contributed by atoms with Crippen LogP contribution in [-0.4, -0.2) is 18.3 Å². The minimum atomic E-state index is 0.294. The first-order valence-electron chi connectivity index (χ1n) is 6.00. The van der Waals surface area contributed by atoms with E-state index in [-0.39, 0.29) is 0 Å². The summed E-state index contributed by atoms with van der Waals surface area (Å²) in [5.41, 5.74) is 0.964. The quantitative estimate of drug-likeness (QED) is 0.710. The summed E-state index contributed by atoms with van der Waals surface area (Å²) in [6.45, 7) is 1.95. The van der Waals surface area contributed by atoms with Gasteiger partial charge in [0.15, 0.2) is 0 Å². The van der Waals surface area contributed by atoms with E-state index in [1.807, 2.05) is 18.2 Å². The molecule has 0 fully saturated rings. The topological polar surface area (TPSA) is 32.3 Å². The van der Waals surface area contributed by atoms with Gasteiger partial charge >= 0.3 is 0 Å². The van der Waals surface area contributed by atoms with Crippen LogP contribution in [0, 0.1) is 0 Å². The third-order valence-electron chi connectivity index (χ3n) is 2.63. The molecule has 0 radical (unpaired) electrons. The molecule has 1 aromatic rings. The highest BCUT2D eigenvalue weighted by molar-refractivity contribution is 6.35. The van der Waals surface area contributed by atoms with Crippen molar-refractivity contribution in [3.05, 3.63) is 33.8 Å². The van der Waals surface area contributed by atoms with Gasteiger partial charge in [-0.05, 0) is 31.5 Å². The van der Waals surface area contributed by atoms with Crippen molar-refractivity contribution in [1.29, 1.82) is 0 Å². The van der Waals surface area contributed by atoms with Crippen molar-refractivity contribution in [3.8, 4) is 0 Å². The molecule has 0 aliphatic rings. The van der Waals surface area contributed by atoms with Crippen molar-refractivity contribution >= 4 is 23.2 Å². The first kappa shape index (κ1) is 14.8. The van der Waals surface area contributed by atoms with Crippen molar-refractivity contribution in [2.24, 2.45) is 0 Å². The number of aliphatic hydroxyl groups is 1. The van der Waals surface area contributed by atoms with Crippen LogP contribution >= 0.6 is 23.2 Å². The summed E-state index contributed by atoms with van der Waals surface area (Å²) in [7, 11) is 0. The zero-order valence-electron chi connectivity index (χ0n) is 9.88. The van der Waals surface area contributed by atoms with Crippen molar-refractivity contribution in [2.75, 3.05) is 13.2 Å². The van der Waals surface area contributed by atoms with E-state index in [0.29, 0.717) is 23.2 Å². The summed E-state index contributed by atoms with van der Waals surface area (Å²) in [5, 5.41) is 13.4. The highest BCUT2D eigenvalue weighted by Crippen LogP contribution is 2.23. The van der Waals surface area contributed by atoms with E-state index in [1.165, 1.54) is 0 Å². The van der Waals surface area contributed by atoms with Crippen molar-refractivity contribution in [3.63, 3.8) is 0 Å². The molecular formula is C13H19Cl2NO. The van der Waals surface area contributed by atoms with Crippen molar-refractivity contribution < 1.29 is 5.11 Å². The fourth-order valence-electron chi connectivity index (χ4n) is 1.63. The average molecular weight is 276 g/mol. The molecule has 17 heavy (non-hydrogen) atoms. The van der Waals surface area contributed by atoms with Gasteiger partial charge in [-0.15, -0.1) is 0 Å². The van der Waals surface area contributed by atoms with Crippen molar-refractivity contribution in [2.45, 2.75) is 32.2 Å². The van der Waals surface area contributed by atoms with Crippen LogP contribution in [0.3, 0.4) is 0 Å². The summed E-state index contributed by atoms with van der Waals surface area (Å²) in [6.07, 6.45) is 4.24. The molecule has 0 saturated heterocycles. The lowest BCUT2D eigenvalue weighted by atomic mass is 10.2. The molecule has 1 aromatic carbocycles. The Bertz CT molecular complexity index is 311. The molecule has 0 spiro atoms. The number of halogens is 2. The highest BCUT2D eigenvalue weighted by atomic mass is 35.5. The lowest BCUT2D eigenvalue weighted by molar-refractivity contribution is 0.282. The number of hydrogen-bond donors (Lipinski definition) is 2. The van der Waals surface area contributed by atoms with Crippen LogP contribution in [0.2, 0.25) is 10.0 Å². The second-order valence-corrected chi connectivity index (χ2v) is 4.83. The van der Waals surface area contributed by atoms with Gasteiger partial charge in [-0.2, -0.15) is 0 Å². The normalized spacial score (nSPS) is 10.8. The molecule has 2 N–H and O–H groups in total. The van der Waals surface area contributed by atoms with Gasteiger partial charge in [-0.3, -0.25) is 0 Å². The van der Waals surface area contributed by atoms with E-state index < -0.39 is 0 Å². The Morgan fingerprint density at radius 1 is 1.00 bits per heavy atom. The molecule has 96 valence electrons. The number of aliphatic hydroxyl groups excluding tert-OH is 1. The van der Waals surface area contributed by atoms with E-state index in [0.717, 1.165) is 37.8 Å². The molecule has 0 aliphatic heterocycles. The van der Waals surface area contributed by atoms with Gasteiger partial charge in [0.05, 0.1) is 0 Å². The van der Waals surface area contributed by atoms with E-state index in [4.69, 9.17) is 28.3 Å². The van der Waals surface area contributed by atoms with Crippen LogP contribution in [0.1, 0.15) is 31.2 Å². The second-order valence-electron chi connectivity index (χ2n) is 4.01. The fourth-order valence-corrected chi connectivity index (χ4v) is 2.16. The maximum atomic E-state index is 8.63. The fraction of sp³-hybridized carbons (Fsp3) is 0.538. The average Bonchev–Trinajstić information content (AvgIpc) is 2.31. The molecule has 0 amide bonds. The molecule has 0 aromatic heterocycles. The molecule has 4 heteroatoms.